The van der Waals surface area contributed by atoms with E-state index in [2.05, 4.69) is 29.4 Å². The van der Waals surface area contributed by atoms with Crippen molar-refractivity contribution in [3.8, 4) is 0 Å². The van der Waals surface area contributed by atoms with Gasteiger partial charge in [-0.05, 0) is 5.92 Å². The standard InChI is InChI=1S/C8H11Cl2N3/c1-5(2)3-11-8-7(10)6(9)4-12-13-8/h4-5H,3H2,1-2H3,(H,11,13). The number of nitrogens with one attached hydrogen (secondary N) is 1. The highest BCUT2D eigenvalue weighted by Crippen LogP contribution is 2.26. The quantitative estimate of drug-likeness (QED) is 0.850. The van der Waals surface area contributed by atoms with Crippen molar-refractivity contribution in [1.82, 2.24) is 10.2 Å². The predicted octanol–water partition coefficient (Wildman–Crippen LogP) is 2.85. The van der Waals surface area contributed by atoms with Gasteiger partial charge in [-0.15, -0.1) is 5.10 Å². The summed E-state index contributed by atoms with van der Waals surface area (Å²) in [6, 6.07) is 0. The minimum absolute atomic E-state index is 0.419. The summed E-state index contributed by atoms with van der Waals surface area (Å²) >= 11 is 11.6. The molecule has 0 aliphatic heterocycles. The fourth-order valence-corrected chi connectivity index (χ4v) is 1.05. The molecular formula is C8H11Cl2N3. The highest BCUT2D eigenvalue weighted by Gasteiger charge is 2.06. The zero-order valence-corrected chi connectivity index (χ0v) is 9.02. The Morgan fingerprint density at radius 2 is 2.15 bits per heavy atom. The van der Waals surface area contributed by atoms with Crippen molar-refractivity contribution in [2.75, 3.05) is 11.9 Å². The van der Waals surface area contributed by atoms with Crippen molar-refractivity contribution in [2.24, 2.45) is 5.92 Å². The molecule has 0 unspecified atom stereocenters. The first-order valence-corrected chi connectivity index (χ1v) is 4.77. The lowest BCUT2D eigenvalue weighted by Crippen LogP contribution is -2.10. The molecular weight excluding hydrogens is 209 g/mol. The molecule has 1 rings (SSSR count). The van der Waals surface area contributed by atoms with Crippen LogP contribution in [-0.4, -0.2) is 16.7 Å². The Hall–Kier alpha value is -0.540. The number of aromatic nitrogens is 2. The van der Waals surface area contributed by atoms with E-state index in [0.717, 1.165) is 6.54 Å². The average molecular weight is 220 g/mol. The van der Waals surface area contributed by atoms with Gasteiger partial charge < -0.3 is 5.32 Å². The van der Waals surface area contributed by atoms with Gasteiger partial charge in [0.25, 0.3) is 0 Å². The van der Waals surface area contributed by atoms with E-state index in [-0.39, 0.29) is 0 Å². The normalized spacial score (nSPS) is 10.5. The van der Waals surface area contributed by atoms with Crippen LogP contribution in [0.15, 0.2) is 6.20 Å². The molecule has 0 aliphatic carbocycles. The molecule has 0 amide bonds. The maximum atomic E-state index is 5.88. The topological polar surface area (TPSA) is 37.8 Å². The third-order valence-corrected chi connectivity index (χ3v) is 2.19. The van der Waals surface area contributed by atoms with E-state index in [0.29, 0.717) is 21.8 Å². The Kier molecular flexibility index (Phi) is 3.75. The largest absolute Gasteiger partial charge is 0.367 e. The smallest absolute Gasteiger partial charge is 0.169 e. The highest BCUT2D eigenvalue weighted by molar-refractivity contribution is 6.43. The van der Waals surface area contributed by atoms with Crippen molar-refractivity contribution >= 4 is 29.0 Å². The van der Waals surface area contributed by atoms with Crippen LogP contribution >= 0.6 is 23.2 Å². The van der Waals surface area contributed by atoms with Crippen molar-refractivity contribution in [1.29, 1.82) is 0 Å². The van der Waals surface area contributed by atoms with Gasteiger partial charge in [0.05, 0.1) is 11.2 Å². The molecule has 0 saturated carbocycles. The van der Waals surface area contributed by atoms with Crippen molar-refractivity contribution in [2.45, 2.75) is 13.8 Å². The molecule has 3 nitrogen and oxygen atoms in total. The predicted molar refractivity (Wildman–Crippen MR) is 55.4 cm³/mol. The second-order valence-electron chi connectivity index (χ2n) is 3.13. The van der Waals surface area contributed by atoms with Gasteiger partial charge >= 0.3 is 0 Å². The molecule has 0 spiro atoms. The Morgan fingerprint density at radius 3 is 2.77 bits per heavy atom. The number of halogens is 2. The third kappa shape index (κ3) is 3.01. The van der Waals surface area contributed by atoms with E-state index in [1.807, 2.05) is 0 Å². The second-order valence-corrected chi connectivity index (χ2v) is 3.92. The molecule has 72 valence electrons. The molecule has 0 bridgehead atoms. The van der Waals surface area contributed by atoms with Gasteiger partial charge in [-0.25, -0.2) is 0 Å². The Balaban J connectivity index is 2.71. The SMILES string of the molecule is CC(C)CNc1nncc(Cl)c1Cl. The van der Waals surface area contributed by atoms with Crippen LogP contribution < -0.4 is 5.32 Å². The number of hydrogen-bond donors (Lipinski definition) is 1. The first-order chi connectivity index (χ1) is 6.11. The van der Waals surface area contributed by atoms with Gasteiger partial charge in [-0.2, -0.15) is 5.10 Å². The molecule has 1 N–H and O–H groups in total. The molecule has 0 atom stereocenters. The van der Waals surface area contributed by atoms with Gasteiger partial charge in [-0.3, -0.25) is 0 Å². The fraction of sp³-hybridized carbons (Fsp3) is 0.500. The van der Waals surface area contributed by atoms with E-state index in [4.69, 9.17) is 23.2 Å². The molecule has 0 saturated heterocycles. The minimum atomic E-state index is 0.419. The second kappa shape index (κ2) is 4.63. The Bertz CT molecular complexity index is 289. The van der Waals surface area contributed by atoms with E-state index in [1.165, 1.54) is 6.20 Å². The van der Waals surface area contributed by atoms with Crippen LogP contribution in [0.1, 0.15) is 13.8 Å². The number of hydrogen-bond acceptors (Lipinski definition) is 3. The molecule has 1 heterocycles. The maximum absolute atomic E-state index is 5.88. The molecule has 0 fully saturated rings. The van der Waals surface area contributed by atoms with E-state index in [1.54, 1.807) is 0 Å². The van der Waals surface area contributed by atoms with Crippen LogP contribution in [0, 0.1) is 5.92 Å². The molecule has 0 aromatic carbocycles. The monoisotopic (exact) mass is 219 g/mol. The van der Waals surface area contributed by atoms with Gasteiger partial charge in [0.2, 0.25) is 0 Å². The summed E-state index contributed by atoms with van der Waals surface area (Å²) in [7, 11) is 0. The first-order valence-electron chi connectivity index (χ1n) is 4.01. The van der Waals surface area contributed by atoms with E-state index >= 15 is 0 Å². The summed E-state index contributed by atoms with van der Waals surface area (Å²) in [6.07, 6.45) is 1.42. The lowest BCUT2D eigenvalue weighted by Gasteiger charge is -2.08. The Labute approximate surface area is 87.5 Å². The van der Waals surface area contributed by atoms with Gasteiger partial charge in [0.15, 0.2) is 5.82 Å². The van der Waals surface area contributed by atoms with Crippen molar-refractivity contribution in [3.63, 3.8) is 0 Å². The van der Waals surface area contributed by atoms with Crippen LogP contribution in [0.4, 0.5) is 5.82 Å². The van der Waals surface area contributed by atoms with Crippen LogP contribution in [0.2, 0.25) is 10.0 Å². The zero-order valence-electron chi connectivity index (χ0n) is 7.51. The van der Waals surface area contributed by atoms with Gasteiger partial charge in [-0.1, -0.05) is 37.0 Å². The average Bonchev–Trinajstić information content (AvgIpc) is 2.07. The molecule has 13 heavy (non-hydrogen) atoms. The lowest BCUT2D eigenvalue weighted by atomic mass is 10.2. The fourth-order valence-electron chi connectivity index (χ4n) is 0.765. The van der Waals surface area contributed by atoms with Crippen LogP contribution in [-0.2, 0) is 0 Å². The van der Waals surface area contributed by atoms with Crippen molar-refractivity contribution in [3.05, 3.63) is 16.2 Å². The van der Waals surface area contributed by atoms with E-state index < -0.39 is 0 Å². The summed E-state index contributed by atoms with van der Waals surface area (Å²) in [5.74, 6) is 1.07. The summed E-state index contributed by atoms with van der Waals surface area (Å²) in [5.41, 5.74) is 0. The minimum Gasteiger partial charge on any atom is -0.367 e. The number of rotatable bonds is 3. The summed E-state index contributed by atoms with van der Waals surface area (Å²) in [5, 5.41) is 11.4. The lowest BCUT2D eigenvalue weighted by molar-refractivity contribution is 0.685. The summed E-state index contributed by atoms with van der Waals surface area (Å²) in [4.78, 5) is 0. The van der Waals surface area contributed by atoms with Gasteiger partial charge in [0.1, 0.15) is 5.02 Å². The van der Waals surface area contributed by atoms with Crippen LogP contribution in [0.5, 0.6) is 0 Å². The number of anilines is 1. The molecule has 0 radical (unpaired) electrons. The van der Waals surface area contributed by atoms with Gasteiger partial charge in [0, 0.05) is 6.54 Å². The van der Waals surface area contributed by atoms with E-state index in [9.17, 15) is 0 Å². The summed E-state index contributed by atoms with van der Waals surface area (Å²) in [6.45, 7) is 4.99. The molecule has 5 heteroatoms. The Morgan fingerprint density at radius 1 is 1.46 bits per heavy atom. The molecule has 1 aromatic rings. The number of nitrogens with zero attached hydrogens (tertiary/aromatic N) is 2. The third-order valence-electron chi connectivity index (χ3n) is 1.42. The van der Waals surface area contributed by atoms with Crippen LogP contribution in [0.3, 0.4) is 0 Å². The zero-order chi connectivity index (χ0) is 9.84. The molecule has 0 aliphatic rings. The van der Waals surface area contributed by atoms with Crippen LogP contribution in [0.25, 0.3) is 0 Å². The molecule has 1 aromatic heterocycles. The summed E-state index contributed by atoms with van der Waals surface area (Å²) < 4.78 is 0. The van der Waals surface area contributed by atoms with Crippen molar-refractivity contribution < 1.29 is 0 Å². The maximum Gasteiger partial charge on any atom is 0.169 e. The first kappa shape index (κ1) is 10.5. The highest BCUT2D eigenvalue weighted by atomic mass is 35.5.